The number of ether oxygens (including phenoxy) is 1. The maximum Gasteiger partial charge on any atom is 0.108 e. The monoisotopic (exact) mass is 341 g/mol. The first kappa shape index (κ1) is 16.1. The highest BCUT2D eigenvalue weighted by Crippen LogP contribution is 2.38. The van der Waals surface area contributed by atoms with Crippen LogP contribution in [0.1, 0.15) is 42.9 Å². The lowest BCUT2D eigenvalue weighted by molar-refractivity contribution is -0.0426. The average Bonchev–Trinajstić information content (AvgIpc) is 2.83. The first-order chi connectivity index (χ1) is 11.7. The SMILES string of the molecule is CN1[C@H]2CC[C@H]1CC(O[C@@H](c1ccccc1)c1ccc(Cl)cc1)C2. The number of fused-ring (bicyclic) bond motifs is 2. The van der Waals surface area contributed by atoms with Crippen LogP contribution in [-0.2, 0) is 4.74 Å². The van der Waals surface area contributed by atoms with Crippen LogP contribution in [0.15, 0.2) is 54.6 Å². The Morgan fingerprint density at radius 3 is 2.12 bits per heavy atom. The highest BCUT2D eigenvalue weighted by molar-refractivity contribution is 6.30. The van der Waals surface area contributed by atoms with Crippen molar-refractivity contribution in [3.05, 3.63) is 70.7 Å². The summed E-state index contributed by atoms with van der Waals surface area (Å²) in [6.45, 7) is 0. The molecule has 2 bridgehead atoms. The summed E-state index contributed by atoms with van der Waals surface area (Å²) in [5, 5.41) is 0.767. The van der Waals surface area contributed by atoms with E-state index in [2.05, 4.69) is 54.4 Å². The standard InChI is InChI=1S/C21H24ClNO/c1-23-18-11-12-19(23)14-20(13-18)24-21(15-5-3-2-4-6-15)16-7-9-17(22)10-8-16/h2-10,18-21H,11-14H2,1H3/t18-,19-,21-/m0/s1. The second-order valence-corrected chi connectivity index (χ2v) is 7.56. The quantitative estimate of drug-likeness (QED) is 0.769. The minimum absolute atomic E-state index is 0.0173. The Labute approximate surface area is 149 Å². The summed E-state index contributed by atoms with van der Waals surface area (Å²) in [6, 6.07) is 20.0. The van der Waals surface area contributed by atoms with Gasteiger partial charge in [0.1, 0.15) is 6.10 Å². The highest BCUT2D eigenvalue weighted by atomic mass is 35.5. The van der Waals surface area contributed by atoms with Crippen molar-refractivity contribution in [2.24, 2.45) is 0 Å². The van der Waals surface area contributed by atoms with Gasteiger partial charge in [0.2, 0.25) is 0 Å². The Balaban J connectivity index is 1.58. The zero-order valence-corrected chi connectivity index (χ0v) is 14.8. The van der Waals surface area contributed by atoms with Crippen LogP contribution in [-0.4, -0.2) is 30.1 Å². The summed E-state index contributed by atoms with van der Waals surface area (Å²) < 4.78 is 6.66. The van der Waals surface area contributed by atoms with Crippen LogP contribution in [0.4, 0.5) is 0 Å². The number of piperidine rings is 1. The molecule has 2 aromatic rings. The number of hydrogen-bond donors (Lipinski definition) is 0. The zero-order valence-electron chi connectivity index (χ0n) is 14.1. The molecule has 2 aliphatic heterocycles. The molecule has 2 nitrogen and oxygen atoms in total. The van der Waals surface area contributed by atoms with Gasteiger partial charge in [-0.15, -0.1) is 0 Å². The van der Waals surface area contributed by atoms with E-state index in [0.29, 0.717) is 18.2 Å². The van der Waals surface area contributed by atoms with Gasteiger partial charge < -0.3 is 9.64 Å². The molecule has 0 aliphatic carbocycles. The molecule has 0 amide bonds. The Morgan fingerprint density at radius 2 is 1.50 bits per heavy atom. The van der Waals surface area contributed by atoms with Gasteiger partial charge in [0, 0.05) is 17.1 Å². The number of nitrogens with zero attached hydrogens (tertiary/aromatic N) is 1. The van der Waals surface area contributed by atoms with Gasteiger partial charge in [-0.25, -0.2) is 0 Å². The lowest BCUT2D eigenvalue weighted by Crippen LogP contribution is -2.43. The van der Waals surface area contributed by atoms with Gasteiger partial charge in [-0.05, 0) is 56.0 Å². The maximum absolute atomic E-state index is 6.66. The van der Waals surface area contributed by atoms with Gasteiger partial charge in [0.25, 0.3) is 0 Å². The first-order valence-electron chi connectivity index (χ1n) is 8.88. The molecule has 4 rings (SSSR count). The van der Waals surface area contributed by atoms with E-state index in [1.165, 1.54) is 24.0 Å². The van der Waals surface area contributed by atoms with E-state index >= 15 is 0 Å². The largest absolute Gasteiger partial charge is 0.365 e. The predicted molar refractivity (Wildman–Crippen MR) is 98.4 cm³/mol. The molecule has 0 radical (unpaired) electrons. The second-order valence-electron chi connectivity index (χ2n) is 7.12. The number of rotatable bonds is 4. The van der Waals surface area contributed by atoms with Crippen LogP contribution in [0.25, 0.3) is 0 Å². The van der Waals surface area contributed by atoms with E-state index in [1.807, 2.05) is 12.1 Å². The molecule has 0 aromatic heterocycles. The summed E-state index contributed by atoms with van der Waals surface area (Å²) in [5.74, 6) is 0. The molecule has 24 heavy (non-hydrogen) atoms. The Bertz CT molecular complexity index is 658. The van der Waals surface area contributed by atoms with E-state index < -0.39 is 0 Å². The number of hydrogen-bond acceptors (Lipinski definition) is 2. The third kappa shape index (κ3) is 3.23. The number of halogens is 1. The Hall–Kier alpha value is -1.35. The summed E-state index contributed by atoms with van der Waals surface area (Å²) in [6.07, 6.45) is 5.24. The van der Waals surface area contributed by atoms with Crippen LogP contribution in [0.2, 0.25) is 5.02 Å². The minimum Gasteiger partial charge on any atom is -0.365 e. The van der Waals surface area contributed by atoms with Crippen molar-refractivity contribution >= 4 is 11.6 Å². The average molecular weight is 342 g/mol. The van der Waals surface area contributed by atoms with E-state index in [0.717, 1.165) is 17.9 Å². The molecule has 2 heterocycles. The Kier molecular flexibility index (Phi) is 4.62. The third-order valence-electron chi connectivity index (χ3n) is 5.66. The molecule has 2 saturated heterocycles. The predicted octanol–water partition coefficient (Wildman–Crippen LogP) is 5.07. The molecule has 3 atom stereocenters. The lowest BCUT2D eigenvalue weighted by atomic mass is 9.97. The molecule has 2 aliphatic rings. The van der Waals surface area contributed by atoms with Crippen LogP contribution in [0, 0.1) is 0 Å². The maximum atomic E-state index is 6.66. The fraction of sp³-hybridized carbons (Fsp3) is 0.429. The van der Waals surface area contributed by atoms with Gasteiger partial charge in [-0.3, -0.25) is 0 Å². The van der Waals surface area contributed by atoms with E-state index in [4.69, 9.17) is 16.3 Å². The number of benzene rings is 2. The fourth-order valence-corrected chi connectivity index (χ4v) is 4.41. The van der Waals surface area contributed by atoms with Gasteiger partial charge in [0.05, 0.1) is 6.10 Å². The van der Waals surface area contributed by atoms with Crippen LogP contribution in [0.5, 0.6) is 0 Å². The highest BCUT2D eigenvalue weighted by Gasteiger charge is 2.39. The molecular weight excluding hydrogens is 318 g/mol. The molecule has 3 heteroatoms. The summed E-state index contributed by atoms with van der Waals surface area (Å²) in [4.78, 5) is 2.56. The van der Waals surface area contributed by atoms with Crippen molar-refractivity contribution in [1.82, 2.24) is 4.90 Å². The molecule has 0 saturated carbocycles. The fourth-order valence-electron chi connectivity index (χ4n) is 4.28. The lowest BCUT2D eigenvalue weighted by Gasteiger charge is -2.38. The summed E-state index contributed by atoms with van der Waals surface area (Å²) in [7, 11) is 2.27. The van der Waals surface area contributed by atoms with Crippen molar-refractivity contribution in [2.75, 3.05) is 7.05 Å². The minimum atomic E-state index is -0.0173. The van der Waals surface area contributed by atoms with E-state index in [1.54, 1.807) is 0 Å². The van der Waals surface area contributed by atoms with Crippen molar-refractivity contribution in [3.63, 3.8) is 0 Å². The summed E-state index contributed by atoms with van der Waals surface area (Å²) in [5.41, 5.74) is 2.39. The molecule has 2 fully saturated rings. The van der Waals surface area contributed by atoms with Gasteiger partial charge >= 0.3 is 0 Å². The summed E-state index contributed by atoms with van der Waals surface area (Å²) >= 11 is 6.07. The first-order valence-corrected chi connectivity index (χ1v) is 9.26. The third-order valence-corrected chi connectivity index (χ3v) is 5.91. The molecule has 0 spiro atoms. The van der Waals surface area contributed by atoms with Crippen LogP contribution in [0.3, 0.4) is 0 Å². The van der Waals surface area contributed by atoms with Gasteiger partial charge in [0.15, 0.2) is 0 Å². The normalized spacial score (nSPS) is 28.0. The second kappa shape index (κ2) is 6.87. The zero-order chi connectivity index (χ0) is 16.5. The van der Waals surface area contributed by atoms with Crippen molar-refractivity contribution in [1.29, 1.82) is 0 Å². The molecule has 0 unspecified atom stereocenters. The van der Waals surface area contributed by atoms with E-state index in [9.17, 15) is 0 Å². The molecular formula is C21H24ClNO. The van der Waals surface area contributed by atoms with Crippen LogP contribution < -0.4 is 0 Å². The van der Waals surface area contributed by atoms with E-state index in [-0.39, 0.29) is 6.10 Å². The van der Waals surface area contributed by atoms with Gasteiger partial charge in [-0.2, -0.15) is 0 Å². The molecule has 126 valence electrons. The van der Waals surface area contributed by atoms with Crippen molar-refractivity contribution in [2.45, 2.75) is 50.0 Å². The topological polar surface area (TPSA) is 12.5 Å². The van der Waals surface area contributed by atoms with Crippen LogP contribution >= 0.6 is 11.6 Å². The molecule has 2 aromatic carbocycles. The molecule has 0 N–H and O–H groups in total. The smallest absolute Gasteiger partial charge is 0.108 e. The van der Waals surface area contributed by atoms with Crippen molar-refractivity contribution < 1.29 is 4.74 Å². The Morgan fingerprint density at radius 1 is 0.917 bits per heavy atom. The van der Waals surface area contributed by atoms with Crippen molar-refractivity contribution in [3.8, 4) is 0 Å². The van der Waals surface area contributed by atoms with Gasteiger partial charge in [-0.1, -0.05) is 54.1 Å².